The minimum Gasteiger partial charge on any atom is -0.394 e. The molecule has 0 radical (unpaired) electrons. The molecule has 0 saturated carbocycles. The summed E-state index contributed by atoms with van der Waals surface area (Å²) in [5, 5.41) is 54.2. The third-order valence-corrected chi connectivity index (χ3v) is 11.8. The summed E-state index contributed by atoms with van der Waals surface area (Å²) in [6.07, 6.45) is 40.9. The van der Waals surface area contributed by atoms with Gasteiger partial charge in [-0.3, -0.25) is 4.79 Å². The number of hydrogen-bond acceptors (Lipinski definition) is 8. The van der Waals surface area contributed by atoms with E-state index in [4.69, 9.17) is 9.47 Å². The van der Waals surface area contributed by atoms with Gasteiger partial charge in [0.05, 0.1) is 25.4 Å². The number of nitrogens with one attached hydrogen (secondary N) is 1. The van der Waals surface area contributed by atoms with Gasteiger partial charge in [-0.2, -0.15) is 0 Å². The van der Waals surface area contributed by atoms with E-state index in [0.717, 1.165) is 38.5 Å². The maximum absolute atomic E-state index is 13.0. The van der Waals surface area contributed by atoms with E-state index < -0.39 is 49.5 Å². The summed E-state index contributed by atoms with van der Waals surface area (Å²) in [6.45, 7) is 3.76. The van der Waals surface area contributed by atoms with Gasteiger partial charge >= 0.3 is 0 Å². The van der Waals surface area contributed by atoms with Gasteiger partial charge in [0.2, 0.25) is 5.91 Å². The molecule has 1 saturated heterocycles. The molecule has 6 N–H and O–H groups in total. The molecule has 0 spiro atoms. The zero-order valence-electron chi connectivity index (χ0n) is 37.6. The second-order valence-electron chi connectivity index (χ2n) is 17.3. The molecule has 0 aromatic heterocycles. The molecule has 9 nitrogen and oxygen atoms in total. The Balaban J connectivity index is 2.30. The predicted molar refractivity (Wildman–Crippen MR) is 240 cm³/mol. The van der Waals surface area contributed by atoms with Gasteiger partial charge in [0.1, 0.15) is 24.4 Å². The van der Waals surface area contributed by atoms with Crippen LogP contribution in [0.4, 0.5) is 0 Å². The van der Waals surface area contributed by atoms with E-state index in [1.807, 2.05) is 6.08 Å². The van der Waals surface area contributed by atoms with Crippen LogP contribution < -0.4 is 5.32 Å². The van der Waals surface area contributed by atoms with E-state index in [1.54, 1.807) is 6.08 Å². The third kappa shape index (κ3) is 29.8. The van der Waals surface area contributed by atoms with E-state index >= 15 is 0 Å². The van der Waals surface area contributed by atoms with Gasteiger partial charge in [0.25, 0.3) is 0 Å². The zero-order valence-corrected chi connectivity index (χ0v) is 37.6. The summed E-state index contributed by atoms with van der Waals surface area (Å²) >= 11 is 0. The quantitative estimate of drug-likeness (QED) is 0.0264. The van der Waals surface area contributed by atoms with E-state index in [9.17, 15) is 30.3 Å². The molecule has 0 aromatic carbocycles. The Morgan fingerprint density at radius 2 is 0.983 bits per heavy atom. The highest BCUT2D eigenvalue weighted by Gasteiger charge is 2.44. The molecule has 1 fully saturated rings. The Morgan fingerprint density at radius 3 is 1.45 bits per heavy atom. The van der Waals surface area contributed by atoms with Gasteiger partial charge in [-0.1, -0.05) is 212 Å². The highest BCUT2D eigenvalue weighted by atomic mass is 16.7. The van der Waals surface area contributed by atoms with Crippen LogP contribution in [0.1, 0.15) is 226 Å². The van der Waals surface area contributed by atoms with Crippen molar-refractivity contribution in [2.75, 3.05) is 13.2 Å². The zero-order chi connectivity index (χ0) is 42.3. The van der Waals surface area contributed by atoms with Gasteiger partial charge in [-0.25, -0.2) is 0 Å². The van der Waals surface area contributed by atoms with Crippen LogP contribution in [0.15, 0.2) is 24.3 Å². The minimum absolute atomic E-state index is 0.184. The van der Waals surface area contributed by atoms with Crippen LogP contribution in [0.25, 0.3) is 0 Å². The first kappa shape index (κ1) is 54.7. The van der Waals surface area contributed by atoms with Crippen molar-refractivity contribution in [2.24, 2.45) is 0 Å². The van der Waals surface area contributed by atoms with Crippen LogP contribution >= 0.6 is 0 Å². The van der Waals surface area contributed by atoms with Gasteiger partial charge in [0.15, 0.2) is 6.29 Å². The summed E-state index contributed by atoms with van der Waals surface area (Å²) in [7, 11) is 0. The third-order valence-electron chi connectivity index (χ3n) is 11.8. The summed E-state index contributed by atoms with van der Waals surface area (Å²) in [5.74, 6) is -0.184. The van der Waals surface area contributed by atoms with Crippen LogP contribution in [-0.4, -0.2) is 87.5 Å². The SMILES string of the molecule is CCCCCCCCCC/C=C/CC/C=C/[C@@H](O)[C@H](CO[C@H]1O[C@@H](CO)[C@H](O)C(O)C1O)NC(=O)CCCCCCCCCCCCCCCCCCCCCCC. The number of unbranched alkanes of at least 4 members (excludes halogenated alkanes) is 29. The van der Waals surface area contributed by atoms with Crippen molar-refractivity contribution in [1.29, 1.82) is 0 Å². The molecular formula is C49H93NO8. The minimum atomic E-state index is -1.57. The number of allylic oxidation sites excluding steroid dienone is 3. The Kier molecular flexibility index (Phi) is 37.5. The lowest BCUT2D eigenvalue weighted by Gasteiger charge is -2.40. The summed E-state index contributed by atoms with van der Waals surface area (Å²) in [6, 6.07) is -0.816. The molecular weight excluding hydrogens is 731 g/mol. The fourth-order valence-corrected chi connectivity index (χ4v) is 7.82. The van der Waals surface area contributed by atoms with E-state index in [2.05, 4.69) is 31.3 Å². The second kappa shape index (κ2) is 39.8. The summed E-state index contributed by atoms with van der Waals surface area (Å²) < 4.78 is 11.2. The number of aliphatic hydroxyl groups is 5. The summed E-state index contributed by atoms with van der Waals surface area (Å²) in [4.78, 5) is 13.0. The average Bonchev–Trinajstić information content (AvgIpc) is 3.22. The van der Waals surface area contributed by atoms with Crippen molar-refractivity contribution in [2.45, 2.75) is 269 Å². The Labute approximate surface area is 356 Å². The molecule has 342 valence electrons. The number of aliphatic hydroxyl groups excluding tert-OH is 5. The fraction of sp³-hybridized carbons (Fsp3) is 0.898. The lowest BCUT2D eigenvalue weighted by atomic mass is 9.99. The van der Waals surface area contributed by atoms with Crippen molar-refractivity contribution in [3.05, 3.63) is 24.3 Å². The Morgan fingerprint density at radius 1 is 0.569 bits per heavy atom. The molecule has 0 bridgehead atoms. The molecule has 1 aliphatic rings. The first-order valence-corrected chi connectivity index (χ1v) is 24.6. The largest absolute Gasteiger partial charge is 0.394 e. The predicted octanol–water partition coefficient (Wildman–Crippen LogP) is 10.7. The monoisotopic (exact) mass is 824 g/mol. The fourth-order valence-electron chi connectivity index (χ4n) is 7.82. The molecule has 58 heavy (non-hydrogen) atoms. The molecule has 7 atom stereocenters. The van der Waals surface area contributed by atoms with E-state index in [0.29, 0.717) is 6.42 Å². The molecule has 1 rings (SSSR count). The lowest BCUT2D eigenvalue weighted by Crippen LogP contribution is -2.60. The molecule has 9 heteroatoms. The highest BCUT2D eigenvalue weighted by molar-refractivity contribution is 5.76. The van der Waals surface area contributed by atoms with E-state index in [1.165, 1.54) is 167 Å². The van der Waals surface area contributed by atoms with Gasteiger partial charge < -0.3 is 40.3 Å². The Hall–Kier alpha value is -1.33. The highest BCUT2D eigenvalue weighted by Crippen LogP contribution is 2.23. The van der Waals surface area contributed by atoms with Crippen molar-refractivity contribution in [3.8, 4) is 0 Å². The lowest BCUT2D eigenvalue weighted by molar-refractivity contribution is -0.302. The normalized spacial score (nSPS) is 21.0. The smallest absolute Gasteiger partial charge is 0.220 e. The van der Waals surface area contributed by atoms with Crippen LogP contribution in [0, 0.1) is 0 Å². The average molecular weight is 824 g/mol. The number of hydrogen-bond donors (Lipinski definition) is 6. The van der Waals surface area contributed by atoms with Crippen LogP contribution in [0.2, 0.25) is 0 Å². The molecule has 1 amide bonds. The van der Waals surface area contributed by atoms with Crippen LogP contribution in [-0.2, 0) is 14.3 Å². The number of carbonyl (C=O) groups excluding carboxylic acids is 1. The first-order valence-electron chi connectivity index (χ1n) is 24.6. The van der Waals surface area contributed by atoms with Gasteiger partial charge in [0, 0.05) is 6.42 Å². The van der Waals surface area contributed by atoms with Crippen LogP contribution in [0.3, 0.4) is 0 Å². The molecule has 2 unspecified atom stereocenters. The molecule has 1 aliphatic heterocycles. The van der Waals surface area contributed by atoms with Gasteiger partial charge in [-0.05, 0) is 32.1 Å². The first-order chi connectivity index (χ1) is 28.3. The number of carbonyl (C=O) groups is 1. The molecule has 0 aliphatic carbocycles. The maximum atomic E-state index is 13.0. The number of ether oxygens (including phenoxy) is 2. The maximum Gasteiger partial charge on any atom is 0.220 e. The van der Waals surface area contributed by atoms with Gasteiger partial charge in [-0.15, -0.1) is 0 Å². The van der Waals surface area contributed by atoms with E-state index in [-0.39, 0.29) is 12.5 Å². The topological polar surface area (TPSA) is 149 Å². The summed E-state index contributed by atoms with van der Waals surface area (Å²) in [5.41, 5.74) is 0. The van der Waals surface area contributed by atoms with Crippen molar-refractivity contribution in [3.63, 3.8) is 0 Å². The van der Waals surface area contributed by atoms with Crippen LogP contribution in [0.5, 0.6) is 0 Å². The molecule has 1 heterocycles. The molecule has 0 aromatic rings. The van der Waals surface area contributed by atoms with Crippen molar-refractivity contribution < 1.29 is 39.8 Å². The standard InChI is InChI=1S/C49H93NO8/c1-3-5-7-9-11-13-15-17-19-20-21-22-23-24-25-27-29-31-33-35-37-39-45(53)50-42(41-57-49-48(56)47(55)46(54)44(40-51)58-49)43(52)38-36-34-32-30-28-26-18-16-14-12-10-8-6-4-2/h28,30,36,38,42-44,46-49,51-52,54-56H,3-27,29,31-35,37,39-41H2,1-2H3,(H,50,53)/b30-28+,38-36+/t42-,43+,44-,46-,47?,48?,49-/m0/s1. The number of amides is 1. The second-order valence-corrected chi connectivity index (χ2v) is 17.3. The van der Waals surface area contributed by atoms with Crippen molar-refractivity contribution in [1.82, 2.24) is 5.32 Å². The Bertz CT molecular complexity index is 961. The van der Waals surface area contributed by atoms with Crippen molar-refractivity contribution >= 4 is 5.91 Å². The number of rotatable bonds is 41.